The Morgan fingerprint density at radius 3 is 2.52 bits per heavy atom. The second-order valence-electron chi connectivity index (χ2n) is 6.79. The highest BCUT2D eigenvalue weighted by Gasteiger charge is 2.24. The van der Waals surface area contributed by atoms with E-state index in [1.807, 2.05) is 27.9 Å². The Labute approximate surface area is 138 Å². The lowest BCUT2D eigenvalue weighted by Crippen LogP contribution is -2.52. The van der Waals surface area contributed by atoms with Gasteiger partial charge in [-0.15, -0.1) is 0 Å². The lowest BCUT2D eigenvalue weighted by atomic mass is 10.0. The number of nitrogens with one attached hydrogen (secondary N) is 2. The fourth-order valence-electron chi connectivity index (χ4n) is 2.22. The predicted octanol–water partition coefficient (Wildman–Crippen LogP) is 1.73. The lowest BCUT2D eigenvalue weighted by Gasteiger charge is -2.26. The van der Waals surface area contributed by atoms with Crippen molar-refractivity contribution in [2.75, 3.05) is 27.2 Å². The highest BCUT2D eigenvalue weighted by atomic mass is 16.3. The van der Waals surface area contributed by atoms with Crippen molar-refractivity contribution in [2.24, 2.45) is 0 Å². The van der Waals surface area contributed by atoms with Gasteiger partial charge in [0.2, 0.25) is 5.91 Å². The molecule has 1 aromatic heterocycles. The molecule has 23 heavy (non-hydrogen) atoms. The average Bonchev–Trinajstić information content (AvgIpc) is 2.77. The molecule has 0 aromatic carbocycles. The van der Waals surface area contributed by atoms with Crippen molar-refractivity contribution < 1.29 is 14.0 Å². The number of likely N-dealkylation sites (N-methyl/N-ethyl adjacent to an activating group) is 1. The summed E-state index contributed by atoms with van der Waals surface area (Å²) in [5.74, 6) is 1.20. The Morgan fingerprint density at radius 2 is 1.96 bits per heavy atom. The van der Waals surface area contributed by atoms with Crippen LogP contribution in [0.5, 0.6) is 0 Å². The highest BCUT2D eigenvalue weighted by Crippen LogP contribution is 2.17. The van der Waals surface area contributed by atoms with Gasteiger partial charge in [-0.2, -0.15) is 0 Å². The summed E-state index contributed by atoms with van der Waals surface area (Å²) in [6.45, 7) is 8.30. The van der Waals surface area contributed by atoms with Crippen LogP contribution in [0.2, 0.25) is 0 Å². The molecule has 0 aliphatic heterocycles. The van der Waals surface area contributed by atoms with Gasteiger partial charge >= 0.3 is 0 Å². The molecule has 0 atom stereocenters. The van der Waals surface area contributed by atoms with Crippen LogP contribution in [0.3, 0.4) is 0 Å². The number of carbonyl (C=O) groups excluding carboxylic acids is 2. The summed E-state index contributed by atoms with van der Waals surface area (Å²) >= 11 is 0. The van der Waals surface area contributed by atoms with Crippen LogP contribution in [0, 0.1) is 6.92 Å². The van der Waals surface area contributed by atoms with Gasteiger partial charge in [-0.25, -0.2) is 0 Å². The van der Waals surface area contributed by atoms with Crippen LogP contribution in [0.1, 0.15) is 49.1 Å². The molecule has 0 saturated heterocycles. The molecule has 0 bridgehead atoms. The molecular formula is C17H29N3O3. The van der Waals surface area contributed by atoms with E-state index in [2.05, 4.69) is 17.6 Å². The molecule has 0 aliphatic carbocycles. The van der Waals surface area contributed by atoms with Crippen LogP contribution in [0.25, 0.3) is 0 Å². The van der Waals surface area contributed by atoms with Gasteiger partial charge in [-0.05, 0) is 47.4 Å². The van der Waals surface area contributed by atoms with Crippen molar-refractivity contribution in [1.82, 2.24) is 15.5 Å². The molecule has 2 amide bonds. The Hall–Kier alpha value is -1.82. The van der Waals surface area contributed by atoms with Gasteiger partial charge in [0.1, 0.15) is 11.5 Å². The minimum atomic E-state index is -0.548. The molecule has 130 valence electrons. The number of hydrogen-bond acceptors (Lipinski definition) is 4. The number of aryl methyl sites for hydroxylation is 2. The summed E-state index contributed by atoms with van der Waals surface area (Å²) in [4.78, 5) is 25.9. The third-order valence-corrected chi connectivity index (χ3v) is 3.35. The normalized spacial score (nSPS) is 11.6. The van der Waals surface area contributed by atoms with Crippen molar-refractivity contribution >= 4 is 11.8 Å². The molecular weight excluding hydrogens is 294 g/mol. The maximum Gasteiger partial charge on any atom is 0.255 e. The summed E-state index contributed by atoms with van der Waals surface area (Å²) in [5.41, 5.74) is 0.00868. The molecule has 0 radical (unpaired) electrons. The van der Waals surface area contributed by atoms with Crippen molar-refractivity contribution in [3.05, 3.63) is 23.2 Å². The van der Waals surface area contributed by atoms with Gasteiger partial charge in [0.05, 0.1) is 17.6 Å². The Balaban J connectivity index is 2.62. The van der Waals surface area contributed by atoms with Gasteiger partial charge in [0.15, 0.2) is 0 Å². The van der Waals surface area contributed by atoms with Crippen LogP contribution in [-0.4, -0.2) is 49.4 Å². The number of nitrogens with zero attached hydrogens (tertiary/aromatic N) is 1. The van der Waals surface area contributed by atoms with Crippen LogP contribution in [-0.2, 0) is 11.2 Å². The number of hydrogen-bond donors (Lipinski definition) is 2. The molecule has 0 aliphatic rings. The Kier molecular flexibility index (Phi) is 6.81. The van der Waals surface area contributed by atoms with E-state index in [0.717, 1.165) is 18.6 Å². The monoisotopic (exact) mass is 323 g/mol. The summed E-state index contributed by atoms with van der Waals surface area (Å²) in [5, 5.41) is 5.78. The first-order chi connectivity index (χ1) is 10.6. The summed E-state index contributed by atoms with van der Waals surface area (Å²) < 4.78 is 5.60. The number of amides is 2. The summed E-state index contributed by atoms with van der Waals surface area (Å²) in [6.07, 6.45) is 1.79. The van der Waals surface area contributed by atoms with Crippen molar-refractivity contribution in [2.45, 2.75) is 46.1 Å². The van der Waals surface area contributed by atoms with E-state index in [0.29, 0.717) is 24.4 Å². The first-order valence-corrected chi connectivity index (χ1v) is 7.98. The average molecular weight is 323 g/mol. The number of furan rings is 1. The first kappa shape index (κ1) is 19.2. The van der Waals surface area contributed by atoms with Gasteiger partial charge in [-0.1, -0.05) is 6.92 Å². The second-order valence-corrected chi connectivity index (χ2v) is 6.79. The van der Waals surface area contributed by atoms with E-state index in [1.54, 1.807) is 17.9 Å². The van der Waals surface area contributed by atoms with Crippen LogP contribution in [0.4, 0.5) is 0 Å². The van der Waals surface area contributed by atoms with Gasteiger partial charge in [0, 0.05) is 13.0 Å². The van der Waals surface area contributed by atoms with E-state index in [-0.39, 0.29) is 11.8 Å². The lowest BCUT2D eigenvalue weighted by molar-refractivity contribution is -0.121. The summed E-state index contributed by atoms with van der Waals surface area (Å²) in [6, 6.07) is 1.80. The standard InChI is InChI=1S/C17H29N3O3/c1-7-8-13-9-14(12(2)23-13)16(22)19-17(3,4)11-18-15(21)10-20(5)6/h9H,7-8,10-11H2,1-6H3,(H,18,21)(H,19,22). The smallest absolute Gasteiger partial charge is 0.255 e. The number of rotatable bonds is 8. The van der Waals surface area contributed by atoms with E-state index in [1.165, 1.54) is 0 Å². The van der Waals surface area contributed by atoms with Gasteiger partial charge in [0.25, 0.3) is 5.91 Å². The molecule has 0 fully saturated rings. The van der Waals surface area contributed by atoms with Gasteiger partial charge in [-0.3, -0.25) is 9.59 Å². The Morgan fingerprint density at radius 1 is 1.30 bits per heavy atom. The molecule has 0 spiro atoms. The maximum atomic E-state index is 12.4. The SMILES string of the molecule is CCCc1cc(C(=O)NC(C)(C)CNC(=O)CN(C)C)c(C)o1. The maximum absolute atomic E-state index is 12.4. The zero-order valence-corrected chi connectivity index (χ0v) is 15.1. The van der Waals surface area contributed by atoms with Crippen molar-refractivity contribution in [3.63, 3.8) is 0 Å². The summed E-state index contributed by atoms with van der Waals surface area (Å²) in [7, 11) is 3.67. The molecule has 1 aromatic rings. The van der Waals surface area contributed by atoms with Gasteiger partial charge < -0.3 is 20.0 Å². The van der Waals surface area contributed by atoms with E-state index in [9.17, 15) is 9.59 Å². The minimum absolute atomic E-state index is 0.0675. The highest BCUT2D eigenvalue weighted by molar-refractivity contribution is 5.95. The van der Waals surface area contributed by atoms with E-state index in [4.69, 9.17) is 4.42 Å². The molecule has 0 saturated carbocycles. The van der Waals surface area contributed by atoms with E-state index >= 15 is 0 Å². The third-order valence-electron chi connectivity index (χ3n) is 3.35. The van der Waals surface area contributed by atoms with Crippen LogP contribution in [0.15, 0.2) is 10.5 Å². The molecule has 1 heterocycles. The fraction of sp³-hybridized carbons (Fsp3) is 0.647. The Bertz CT molecular complexity index is 547. The van der Waals surface area contributed by atoms with Crippen LogP contribution >= 0.6 is 0 Å². The largest absolute Gasteiger partial charge is 0.466 e. The molecule has 2 N–H and O–H groups in total. The minimum Gasteiger partial charge on any atom is -0.466 e. The predicted molar refractivity (Wildman–Crippen MR) is 90.5 cm³/mol. The first-order valence-electron chi connectivity index (χ1n) is 7.98. The molecule has 1 rings (SSSR count). The molecule has 6 heteroatoms. The fourth-order valence-corrected chi connectivity index (χ4v) is 2.22. The second kappa shape index (κ2) is 8.15. The molecule has 0 unspecified atom stereocenters. The topological polar surface area (TPSA) is 74.6 Å². The number of carbonyl (C=O) groups is 2. The molecule has 6 nitrogen and oxygen atoms in total. The quantitative estimate of drug-likeness (QED) is 0.764. The van der Waals surface area contributed by atoms with Crippen molar-refractivity contribution in [1.29, 1.82) is 0 Å². The van der Waals surface area contributed by atoms with Crippen molar-refractivity contribution in [3.8, 4) is 0 Å². The zero-order chi connectivity index (χ0) is 17.6. The third kappa shape index (κ3) is 6.44. The zero-order valence-electron chi connectivity index (χ0n) is 15.1. The van der Waals surface area contributed by atoms with Crippen LogP contribution < -0.4 is 10.6 Å². The van der Waals surface area contributed by atoms with E-state index < -0.39 is 5.54 Å².